The van der Waals surface area contributed by atoms with Crippen LogP contribution in [-0.2, 0) is 0 Å². The molecule has 94 valence electrons. The van der Waals surface area contributed by atoms with Gasteiger partial charge < -0.3 is 15.2 Å². The molecular weight excluding hydrogens is 238 g/mol. The van der Waals surface area contributed by atoms with E-state index in [1.807, 2.05) is 12.1 Å². The smallest absolute Gasteiger partial charge is 0.138 e. The van der Waals surface area contributed by atoms with Crippen molar-refractivity contribution in [3.8, 4) is 5.75 Å². The van der Waals surface area contributed by atoms with Crippen LogP contribution < -0.4 is 10.1 Å². The van der Waals surface area contributed by atoms with Gasteiger partial charge in [-0.05, 0) is 24.5 Å². The maximum atomic E-state index is 9.73. The van der Waals surface area contributed by atoms with Crippen molar-refractivity contribution in [3.63, 3.8) is 0 Å². The van der Waals surface area contributed by atoms with E-state index in [1.165, 1.54) is 6.42 Å². The summed E-state index contributed by atoms with van der Waals surface area (Å²) < 4.78 is 5.46. The fourth-order valence-electron chi connectivity index (χ4n) is 1.70. The Morgan fingerprint density at radius 3 is 2.88 bits per heavy atom. The van der Waals surface area contributed by atoms with E-state index in [-0.39, 0.29) is 6.61 Å². The Morgan fingerprint density at radius 1 is 1.53 bits per heavy atom. The topological polar surface area (TPSA) is 41.5 Å². The summed E-state index contributed by atoms with van der Waals surface area (Å²) >= 11 is 5.94. The highest BCUT2D eigenvalue weighted by Crippen LogP contribution is 2.28. The Morgan fingerprint density at radius 2 is 2.24 bits per heavy atom. The molecule has 4 heteroatoms. The molecular formula is C13H18ClNO2. The molecule has 0 spiro atoms. The van der Waals surface area contributed by atoms with E-state index in [1.54, 1.807) is 12.1 Å². The van der Waals surface area contributed by atoms with Gasteiger partial charge in [0.2, 0.25) is 0 Å². The van der Waals surface area contributed by atoms with Gasteiger partial charge in [-0.25, -0.2) is 0 Å². The molecule has 2 N–H and O–H groups in total. The fraction of sp³-hybridized carbons (Fsp3) is 0.538. The summed E-state index contributed by atoms with van der Waals surface area (Å²) in [5.41, 5.74) is 0. The molecule has 0 aliphatic heterocycles. The highest BCUT2D eigenvalue weighted by molar-refractivity contribution is 6.32. The average Bonchev–Trinajstić information content (AvgIpc) is 3.02. The SMILES string of the molecule is CC1CC1NCC(O)COc1ccccc1Cl. The molecule has 1 fully saturated rings. The van der Waals surface area contributed by atoms with Crippen LogP contribution in [0.4, 0.5) is 0 Å². The van der Waals surface area contributed by atoms with E-state index in [0.29, 0.717) is 23.4 Å². The molecule has 3 unspecified atom stereocenters. The van der Waals surface area contributed by atoms with Gasteiger partial charge in [0.25, 0.3) is 0 Å². The summed E-state index contributed by atoms with van der Waals surface area (Å²) in [5, 5.41) is 13.6. The summed E-state index contributed by atoms with van der Waals surface area (Å²) in [4.78, 5) is 0. The van der Waals surface area contributed by atoms with E-state index < -0.39 is 6.10 Å². The third-order valence-corrected chi connectivity index (χ3v) is 3.31. The molecule has 3 atom stereocenters. The molecule has 1 saturated carbocycles. The maximum Gasteiger partial charge on any atom is 0.138 e. The van der Waals surface area contributed by atoms with Crippen LogP contribution in [-0.4, -0.2) is 30.4 Å². The fourth-order valence-corrected chi connectivity index (χ4v) is 1.89. The number of hydrogen-bond acceptors (Lipinski definition) is 3. The van der Waals surface area contributed by atoms with Crippen LogP contribution in [0.1, 0.15) is 13.3 Å². The number of para-hydroxylation sites is 1. The predicted molar refractivity (Wildman–Crippen MR) is 68.5 cm³/mol. The molecule has 2 rings (SSSR count). The van der Waals surface area contributed by atoms with Crippen LogP contribution in [0.2, 0.25) is 5.02 Å². The molecule has 1 aliphatic rings. The zero-order valence-electron chi connectivity index (χ0n) is 9.90. The maximum absolute atomic E-state index is 9.73. The molecule has 0 heterocycles. The lowest BCUT2D eigenvalue weighted by Crippen LogP contribution is -2.33. The van der Waals surface area contributed by atoms with E-state index in [2.05, 4.69) is 12.2 Å². The van der Waals surface area contributed by atoms with Crippen molar-refractivity contribution in [1.82, 2.24) is 5.32 Å². The van der Waals surface area contributed by atoms with Gasteiger partial charge in [-0.1, -0.05) is 30.7 Å². The van der Waals surface area contributed by atoms with Crippen molar-refractivity contribution in [2.45, 2.75) is 25.5 Å². The Kier molecular flexibility index (Phi) is 4.26. The lowest BCUT2D eigenvalue weighted by atomic mass is 10.3. The standard InChI is InChI=1S/C13H18ClNO2/c1-9-6-12(9)15-7-10(16)8-17-13-5-3-2-4-11(13)14/h2-5,9-10,12,15-16H,6-8H2,1H3. The minimum Gasteiger partial charge on any atom is -0.489 e. The van der Waals surface area contributed by atoms with E-state index in [4.69, 9.17) is 16.3 Å². The lowest BCUT2D eigenvalue weighted by Gasteiger charge is -2.13. The van der Waals surface area contributed by atoms with Crippen LogP contribution in [0.25, 0.3) is 0 Å². The second-order valence-corrected chi connectivity index (χ2v) is 5.03. The van der Waals surface area contributed by atoms with E-state index in [9.17, 15) is 5.11 Å². The molecule has 17 heavy (non-hydrogen) atoms. The number of nitrogens with one attached hydrogen (secondary N) is 1. The molecule has 0 amide bonds. The van der Waals surface area contributed by atoms with E-state index in [0.717, 1.165) is 5.92 Å². The van der Waals surface area contributed by atoms with Crippen molar-refractivity contribution < 1.29 is 9.84 Å². The van der Waals surface area contributed by atoms with Crippen LogP contribution in [0.3, 0.4) is 0 Å². The zero-order valence-corrected chi connectivity index (χ0v) is 10.7. The highest BCUT2D eigenvalue weighted by atomic mass is 35.5. The minimum atomic E-state index is -0.501. The van der Waals surface area contributed by atoms with Gasteiger partial charge in [0.05, 0.1) is 5.02 Å². The Hall–Kier alpha value is -0.770. The van der Waals surface area contributed by atoms with Crippen LogP contribution in [0.15, 0.2) is 24.3 Å². The van der Waals surface area contributed by atoms with E-state index >= 15 is 0 Å². The second-order valence-electron chi connectivity index (χ2n) is 4.62. The average molecular weight is 256 g/mol. The van der Waals surface area contributed by atoms with Gasteiger partial charge in [-0.3, -0.25) is 0 Å². The Balaban J connectivity index is 1.68. The van der Waals surface area contributed by atoms with Crippen LogP contribution >= 0.6 is 11.6 Å². The highest BCUT2D eigenvalue weighted by Gasteiger charge is 2.32. The molecule has 1 aromatic carbocycles. The molecule has 0 bridgehead atoms. The summed E-state index contributed by atoms with van der Waals surface area (Å²) in [5.74, 6) is 1.36. The lowest BCUT2D eigenvalue weighted by molar-refractivity contribution is 0.106. The molecule has 1 aliphatic carbocycles. The molecule has 1 aromatic rings. The van der Waals surface area contributed by atoms with Crippen molar-refractivity contribution in [2.24, 2.45) is 5.92 Å². The van der Waals surface area contributed by atoms with Gasteiger partial charge in [0.15, 0.2) is 0 Å². The normalized spacial score (nSPS) is 24.4. The first-order valence-corrected chi connectivity index (χ1v) is 6.33. The molecule has 0 saturated heterocycles. The monoisotopic (exact) mass is 255 g/mol. The van der Waals surface area contributed by atoms with Crippen LogP contribution in [0, 0.1) is 5.92 Å². The number of ether oxygens (including phenoxy) is 1. The quantitative estimate of drug-likeness (QED) is 0.818. The van der Waals surface area contributed by atoms with Gasteiger partial charge >= 0.3 is 0 Å². The minimum absolute atomic E-state index is 0.262. The number of rotatable bonds is 6. The number of aliphatic hydroxyl groups is 1. The van der Waals surface area contributed by atoms with Crippen molar-refractivity contribution >= 4 is 11.6 Å². The summed E-state index contributed by atoms with van der Waals surface area (Å²) in [6.45, 7) is 3.03. The van der Waals surface area contributed by atoms with Gasteiger partial charge in [-0.15, -0.1) is 0 Å². The number of aliphatic hydroxyl groups excluding tert-OH is 1. The first-order valence-electron chi connectivity index (χ1n) is 5.95. The summed E-state index contributed by atoms with van der Waals surface area (Å²) in [6, 6.07) is 7.85. The number of benzene rings is 1. The largest absolute Gasteiger partial charge is 0.489 e. The van der Waals surface area contributed by atoms with Gasteiger partial charge in [-0.2, -0.15) is 0 Å². The van der Waals surface area contributed by atoms with Crippen LogP contribution in [0.5, 0.6) is 5.75 Å². The first-order chi connectivity index (χ1) is 8.16. The zero-order chi connectivity index (χ0) is 12.3. The number of hydrogen-bond donors (Lipinski definition) is 2. The van der Waals surface area contributed by atoms with Crippen molar-refractivity contribution in [1.29, 1.82) is 0 Å². The summed E-state index contributed by atoms with van der Waals surface area (Å²) in [6.07, 6.45) is 0.706. The Bertz CT molecular complexity index is 372. The molecule has 0 aromatic heterocycles. The third-order valence-electron chi connectivity index (χ3n) is 2.99. The van der Waals surface area contributed by atoms with Crippen molar-refractivity contribution in [3.05, 3.63) is 29.3 Å². The molecule has 0 radical (unpaired) electrons. The van der Waals surface area contributed by atoms with Gasteiger partial charge in [0, 0.05) is 12.6 Å². The number of halogens is 1. The third kappa shape index (κ3) is 3.87. The molecule has 3 nitrogen and oxygen atoms in total. The van der Waals surface area contributed by atoms with Gasteiger partial charge in [0.1, 0.15) is 18.5 Å². The predicted octanol–water partition coefficient (Wildman–Crippen LogP) is 2.08. The second kappa shape index (κ2) is 5.71. The summed E-state index contributed by atoms with van der Waals surface area (Å²) in [7, 11) is 0. The first kappa shape index (κ1) is 12.7. The Labute approximate surface area is 107 Å². The van der Waals surface area contributed by atoms with Crippen molar-refractivity contribution in [2.75, 3.05) is 13.2 Å².